The van der Waals surface area contributed by atoms with E-state index in [0.717, 1.165) is 17.5 Å². The van der Waals surface area contributed by atoms with Gasteiger partial charge in [-0.25, -0.2) is 17.9 Å². The predicted molar refractivity (Wildman–Crippen MR) is 139 cm³/mol. The third kappa shape index (κ3) is 6.81. The zero-order chi connectivity index (χ0) is 26.4. The maximum Gasteiger partial charge on any atom is 0.238 e. The number of nitrogens with two attached hydrogens (primary N) is 1. The van der Waals surface area contributed by atoms with Gasteiger partial charge in [-0.15, -0.1) is 0 Å². The molecule has 0 aliphatic heterocycles. The molecule has 1 fully saturated rings. The van der Waals surface area contributed by atoms with E-state index in [1.807, 2.05) is 12.1 Å². The monoisotopic (exact) mass is 523 g/mol. The van der Waals surface area contributed by atoms with Gasteiger partial charge in [0.2, 0.25) is 21.8 Å². The highest BCUT2D eigenvalue weighted by Crippen LogP contribution is 2.32. The van der Waals surface area contributed by atoms with Gasteiger partial charge in [-0.2, -0.15) is 0 Å². The second-order valence-electron chi connectivity index (χ2n) is 9.27. The molecule has 37 heavy (non-hydrogen) atoms. The average Bonchev–Trinajstić information content (AvgIpc) is 3.39. The summed E-state index contributed by atoms with van der Waals surface area (Å²) in [6, 6.07) is 19.9. The second kappa shape index (κ2) is 11.7. The number of carbonyl (C=O) groups excluding carboxylic acids is 2. The summed E-state index contributed by atoms with van der Waals surface area (Å²) >= 11 is 0. The number of halogens is 1. The van der Waals surface area contributed by atoms with Gasteiger partial charge >= 0.3 is 0 Å². The first kappa shape index (κ1) is 26.5. The Morgan fingerprint density at radius 2 is 1.43 bits per heavy atom. The minimum Gasteiger partial charge on any atom is -0.356 e. The summed E-state index contributed by atoms with van der Waals surface area (Å²) < 4.78 is 36.8. The fraction of sp³-hybridized carbons (Fsp3) is 0.286. The molecule has 194 valence electrons. The van der Waals surface area contributed by atoms with Crippen LogP contribution in [0.3, 0.4) is 0 Å². The quantitative estimate of drug-likeness (QED) is 0.398. The number of amides is 2. The molecule has 4 N–H and O–H groups in total. The highest BCUT2D eigenvalue weighted by Gasteiger charge is 2.37. The van der Waals surface area contributed by atoms with E-state index in [1.165, 1.54) is 18.2 Å². The van der Waals surface area contributed by atoms with Gasteiger partial charge in [-0.3, -0.25) is 9.59 Å². The molecular formula is C28H30FN3O4S. The number of carbonyl (C=O) groups is 2. The Labute approximate surface area is 216 Å². The topological polar surface area (TPSA) is 118 Å². The first-order valence-corrected chi connectivity index (χ1v) is 13.8. The van der Waals surface area contributed by atoms with Crippen molar-refractivity contribution in [2.24, 2.45) is 17.0 Å². The highest BCUT2D eigenvalue weighted by atomic mass is 32.2. The minimum absolute atomic E-state index is 0.0549. The lowest BCUT2D eigenvalue weighted by molar-refractivity contribution is -0.133. The van der Waals surface area contributed by atoms with E-state index in [-0.39, 0.29) is 34.4 Å². The summed E-state index contributed by atoms with van der Waals surface area (Å²) in [5.41, 5.74) is 3.00. The van der Waals surface area contributed by atoms with Crippen LogP contribution in [0.15, 0.2) is 77.7 Å². The van der Waals surface area contributed by atoms with Gasteiger partial charge in [0, 0.05) is 30.5 Å². The average molecular weight is 524 g/mol. The molecule has 4 rings (SSSR count). The predicted octanol–water partition coefficient (Wildman–Crippen LogP) is 3.53. The normalized spacial score (nSPS) is 17.4. The third-order valence-corrected chi connectivity index (χ3v) is 7.71. The van der Waals surface area contributed by atoms with Crippen molar-refractivity contribution in [2.75, 3.05) is 6.54 Å². The zero-order valence-electron chi connectivity index (χ0n) is 20.3. The number of hydrogen-bond donors (Lipinski definition) is 3. The van der Waals surface area contributed by atoms with Crippen molar-refractivity contribution in [3.8, 4) is 11.1 Å². The van der Waals surface area contributed by atoms with Crippen molar-refractivity contribution in [2.45, 2.75) is 37.1 Å². The second-order valence-corrected chi connectivity index (χ2v) is 10.8. The molecular weight excluding hydrogens is 493 g/mol. The molecule has 1 unspecified atom stereocenters. The minimum atomic E-state index is -3.86. The SMILES string of the molecule is NS(=O)(=O)c1ccccc1-c1ccc(CNC(=O)C2CCC[C@H]2C(=O)NCCc2ccc(F)cc2)cc1. The number of rotatable bonds is 9. The summed E-state index contributed by atoms with van der Waals surface area (Å²) in [7, 11) is -3.86. The van der Waals surface area contributed by atoms with E-state index < -0.39 is 10.0 Å². The molecule has 0 spiro atoms. The highest BCUT2D eigenvalue weighted by molar-refractivity contribution is 7.89. The van der Waals surface area contributed by atoms with Crippen LogP contribution < -0.4 is 15.8 Å². The smallest absolute Gasteiger partial charge is 0.238 e. The van der Waals surface area contributed by atoms with Crippen LogP contribution in [0.25, 0.3) is 11.1 Å². The summed E-state index contributed by atoms with van der Waals surface area (Å²) in [4.78, 5) is 25.7. The number of sulfonamides is 1. The van der Waals surface area contributed by atoms with Gasteiger partial charge in [-0.05, 0) is 54.2 Å². The molecule has 0 saturated heterocycles. The number of benzene rings is 3. The zero-order valence-corrected chi connectivity index (χ0v) is 21.1. The van der Waals surface area contributed by atoms with Gasteiger partial charge < -0.3 is 10.6 Å². The maximum atomic E-state index is 13.0. The van der Waals surface area contributed by atoms with E-state index in [0.29, 0.717) is 43.5 Å². The van der Waals surface area contributed by atoms with Crippen LogP contribution in [0.2, 0.25) is 0 Å². The Hall–Kier alpha value is -3.56. The number of hydrogen-bond acceptors (Lipinski definition) is 4. The third-order valence-electron chi connectivity index (χ3n) is 6.74. The molecule has 0 radical (unpaired) electrons. The molecule has 2 amide bonds. The molecule has 9 heteroatoms. The van der Waals surface area contributed by atoms with E-state index in [2.05, 4.69) is 10.6 Å². The number of nitrogens with one attached hydrogen (secondary N) is 2. The van der Waals surface area contributed by atoms with Crippen LogP contribution in [0.5, 0.6) is 0 Å². The van der Waals surface area contributed by atoms with E-state index >= 15 is 0 Å². The van der Waals surface area contributed by atoms with Gasteiger partial charge in [-0.1, -0.05) is 61.0 Å². The molecule has 0 bridgehead atoms. The van der Waals surface area contributed by atoms with Crippen molar-refractivity contribution in [1.29, 1.82) is 0 Å². The molecule has 1 aliphatic carbocycles. The van der Waals surface area contributed by atoms with Gasteiger partial charge in [0.15, 0.2) is 0 Å². The first-order chi connectivity index (χ1) is 17.7. The molecule has 2 atom stereocenters. The number of primary sulfonamides is 1. The van der Waals surface area contributed by atoms with Crippen molar-refractivity contribution in [1.82, 2.24) is 10.6 Å². The standard InChI is InChI=1S/C28H30FN3O4S/c29-22-14-10-19(11-15-22)16-17-31-27(33)24-5-3-6-25(24)28(34)32-18-20-8-12-21(13-9-20)23-4-1-2-7-26(23)37(30,35)36/h1-2,4,7-15,24-25H,3,5-6,16-18H2,(H,31,33)(H,32,34)(H2,30,35,36)/t24-,25?/m1/s1. The Morgan fingerprint density at radius 3 is 2.08 bits per heavy atom. The van der Waals surface area contributed by atoms with Crippen molar-refractivity contribution >= 4 is 21.8 Å². The van der Waals surface area contributed by atoms with Crippen molar-refractivity contribution in [3.05, 3.63) is 89.7 Å². The van der Waals surface area contributed by atoms with Crippen LogP contribution in [-0.2, 0) is 32.6 Å². The Kier molecular flexibility index (Phi) is 8.35. The molecule has 0 heterocycles. The van der Waals surface area contributed by atoms with Crippen molar-refractivity contribution in [3.63, 3.8) is 0 Å². The lowest BCUT2D eigenvalue weighted by Gasteiger charge is -2.19. The molecule has 1 saturated carbocycles. The van der Waals surface area contributed by atoms with Crippen LogP contribution in [0.1, 0.15) is 30.4 Å². The summed E-state index contributed by atoms with van der Waals surface area (Å²) in [6.45, 7) is 0.724. The van der Waals surface area contributed by atoms with E-state index in [9.17, 15) is 22.4 Å². The molecule has 3 aromatic carbocycles. The molecule has 3 aromatic rings. The van der Waals surface area contributed by atoms with Crippen LogP contribution in [0.4, 0.5) is 4.39 Å². The molecule has 1 aliphatic rings. The summed E-state index contributed by atoms with van der Waals surface area (Å²) in [5, 5.41) is 11.2. The molecule has 7 nitrogen and oxygen atoms in total. The van der Waals surface area contributed by atoms with E-state index in [4.69, 9.17) is 5.14 Å². The Morgan fingerprint density at radius 1 is 0.838 bits per heavy atom. The largest absolute Gasteiger partial charge is 0.356 e. The lowest BCUT2D eigenvalue weighted by Crippen LogP contribution is -2.40. The first-order valence-electron chi connectivity index (χ1n) is 12.2. The fourth-order valence-electron chi connectivity index (χ4n) is 4.78. The van der Waals surface area contributed by atoms with Crippen molar-refractivity contribution < 1.29 is 22.4 Å². The van der Waals surface area contributed by atoms with Crippen LogP contribution in [-0.4, -0.2) is 26.8 Å². The summed E-state index contributed by atoms with van der Waals surface area (Å²) in [6.07, 6.45) is 2.73. The van der Waals surface area contributed by atoms with Gasteiger partial charge in [0.05, 0.1) is 4.90 Å². The van der Waals surface area contributed by atoms with E-state index in [1.54, 1.807) is 42.5 Å². The fourth-order valence-corrected chi connectivity index (χ4v) is 5.54. The molecule has 0 aromatic heterocycles. The Balaban J connectivity index is 1.30. The van der Waals surface area contributed by atoms with Gasteiger partial charge in [0.25, 0.3) is 0 Å². The summed E-state index contributed by atoms with van der Waals surface area (Å²) in [5.74, 6) is -1.33. The van der Waals surface area contributed by atoms with Gasteiger partial charge in [0.1, 0.15) is 5.82 Å². The lowest BCUT2D eigenvalue weighted by atomic mass is 9.94. The maximum absolute atomic E-state index is 13.0. The Bertz CT molecular complexity index is 1360. The van der Waals surface area contributed by atoms with Crippen LogP contribution in [0, 0.1) is 17.7 Å². The van der Waals surface area contributed by atoms with Crippen LogP contribution >= 0.6 is 0 Å².